The molecule has 0 radical (unpaired) electrons. The van der Waals surface area contributed by atoms with Gasteiger partial charge in [0, 0.05) is 45.4 Å². The second-order valence-electron chi connectivity index (χ2n) is 9.04. The van der Waals surface area contributed by atoms with Crippen LogP contribution in [0, 0.1) is 5.92 Å². The summed E-state index contributed by atoms with van der Waals surface area (Å²) < 4.78 is 1.26. The number of H-pyrrole nitrogens is 1. The molecule has 2 aromatic heterocycles. The highest BCUT2D eigenvalue weighted by atomic mass is 35.5. The number of halogens is 2. The largest absolute Gasteiger partial charge is 0.348 e. The minimum atomic E-state index is -0.0730. The Morgan fingerprint density at radius 2 is 1.94 bits per heavy atom. The Morgan fingerprint density at radius 3 is 2.79 bits per heavy atom. The molecule has 7 heteroatoms. The Hall–Kier alpha value is -2.34. The van der Waals surface area contributed by atoms with Gasteiger partial charge in [-0.25, -0.2) is 4.98 Å². The molecule has 1 aliphatic heterocycles. The van der Waals surface area contributed by atoms with Crippen LogP contribution in [0.5, 0.6) is 0 Å². The molecule has 0 saturated carbocycles. The van der Waals surface area contributed by atoms with Crippen LogP contribution >= 0.6 is 34.5 Å². The number of thiophene rings is 1. The van der Waals surface area contributed by atoms with E-state index in [1.165, 1.54) is 15.8 Å². The van der Waals surface area contributed by atoms with Gasteiger partial charge in [-0.2, -0.15) is 0 Å². The molecule has 33 heavy (non-hydrogen) atoms. The molecule has 2 aromatic carbocycles. The molecule has 1 fully saturated rings. The van der Waals surface area contributed by atoms with Crippen LogP contribution in [0.3, 0.4) is 0 Å². The van der Waals surface area contributed by atoms with E-state index in [1.54, 1.807) is 17.7 Å². The van der Waals surface area contributed by atoms with Gasteiger partial charge >= 0.3 is 0 Å². The maximum atomic E-state index is 13.3. The van der Waals surface area contributed by atoms with Gasteiger partial charge in [-0.15, -0.1) is 11.3 Å². The van der Waals surface area contributed by atoms with E-state index in [2.05, 4.69) is 44.5 Å². The summed E-state index contributed by atoms with van der Waals surface area (Å²) in [5.74, 6) is 0.151. The van der Waals surface area contributed by atoms with E-state index < -0.39 is 0 Å². The predicted molar refractivity (Wildman–Crippen MR) is 135 cm³/mol. The predicted octanol–water partition coefficient (Wildman–Crippen LogP) is 6.55. The fourth-order valence-electron chi connectivity index (χ4n) is 5.32. The van der Waals surface area contributed by atoms with Crippen molar-refractivity contribution in [1.82, 2.24) is 14.9 Å². The summed E-state index contributed by atoms with van der Waals surface area (Å²) in [5.41, 5.74) is 5.28. The first-order chi connectivity index (χ1) is 16.1. The summed E-state index contributed by atoms with van der Waals surface area (Å²) in [4.78, 5) is 23.0. The Balaban J connectivity index is 1.20. The van der Waals surface area contributed by atoms with Crippen molar-refractivity contribution in [2.45, 2.75) is 38.1 Å². The maximum absolute atomic E-state index is 13.3. The van der Waals surface area contributed by atoms with E-state index in [9.17, 15) is 4.79 Å². The van der Waals surface area contributed by atoms with E-state index in [1.807, 2.05) is 12.1 Å². The zero-order valence-corrected chi connectivity index (χ0v) is 20.3. The highest BCUT2D eigenvalue weighted by Gasteiger charge is 2.38. The van der Waals surface area contributed by atoms with Crippen molar-refractivity contribution in [3.8, 4) is 11.1 Å². The Kier molecular flexibility index (Phi) is 5.44. The summed E-state index contributed by atoms with van der Waals surface area (Å²) in [6.45, 7) is 0.797. The van der Waals surface area contributed by atoms with Crippen LogP contribution in [0.4, 0.5) is 0 Å². The number of rotatable bonds is 4. The highest BCUT2D eigenvalue weighted by Crippen LogP contribution is 2.37. The van der Waals surface area contributed by atoms with Crippen molar-refractivity contribution in [1.29, 1.82) is 0 Å². The van der Waals surface area contributed by atoms with Crippen LogP contribution in [0.15, 0.2) is 48.1 Å². The number of hydrogen-bond donors (Lipinski definition) is 1. The monoisotopic (exact) mass is 495 g/mol. The number of carbonyl (C=O) groups excluding carboxylic acids is 1. The summed E-state index contributed by atoms with van der Waals surface area (Å²) in [6.07, 6.45) is 5.94. The highest BCUT2D eigenvalue weighted by molar-refractivity contribution is 7.17. The molecular formula is C26H23Cl2N3OS. The van der Waals surface area contributed by atoms with Gasteiger partial charge in [0.05, 0.1) is 12.0 Å². The third-order valence-corrected chi connectivity index (χ3v) is 8.70. The third kappa shape index (κ3) is 3.86. The lowest BCUT2D eigenvalue weighted by Gasteiger charge is -2.31. The van der Waals surface area contributed by atoms with Crippen molar-refractivity contribution in [3.05, 3.63) is 75.1 Å². The number of carbonyl (C=O) groups is 1. The normalized spacial score (nSPS) is 20.5. The van der Waals surface area contributed by atoms with Gasteiger partial charge in [0.1, 0.15) is 0 Å². The standard InChI is InChI=1S/C26H23Cl2N3OS/c27-21-11-18(15-1-4-25-16(9-15)6-8-33-25)12-22(28)20(21)10-17-5-7-31(26(17)32)19-2-3-23-24(13-19)30-14-29-23/h1,4,6,8-9,11-12,14,17,19H,2-3,5,7,10,13H2,(H,29,30)/t17?,19-/m1/s1. The summed E-state index contributed by atoms with van der Waals surface area (Å²) >= 11 is 15.2. The van der Waals surface area contributed by atoms with Crippen molar-refractivity contribution >= 4 is 50.5 Å². The maximum Gasteiger partial charge on any atom is 0.226 e. The lowest BCUT2D eigenvalue weighted by atomic mass is 9.94. The molecule has 2 aliphatic rings. The first kappa shape index (κ1) is 21.2. The molecule has 4 nitrogen and oxygen atoms in total. The quantitative estimate of drug-likeness (QED) is 0.349. The first-order valence-electron chi connectivity index (χ1n) is 11.3. The van der Waals surface area contributed by atoms with Crippen molar-refractivity contribution in [3.63, 3.8) is 0 Å². The molecule has 3 heterocycles. The first-order valence-corrected chi connectivity index (χ1v) is 13.0. The number of aromatic nitrogens is 2. The van der Waals surface area contributed by atoms with E-state index in [0.717, 1.165) is 54.6 Å². The van der Waals surface area contributed by atoms with Crippen LogP contribution in [-0.2, 0) is 24.1 Å². The van der Waals surface area contributed by atoms with Gasteiger partial charge in [0.25, 0.3) is 0 Å². The average molecular weight is 496 g/mol. The van der Waals surface area contributed by atoms with Gasteiger partial charge in [0.15, 0.2) is 0 Å². The number of benzene rings is 2. The van der Waals surface area contributed by atoms with Gasteiger partial charge < -0.3 is 9.88 Å². The average Bonchev–Trinajstić information content (AvgIpc) is 3.55. The number of fused-ring (bicyclic) bond motifs is 2. The zero-order valence-electron chi connectivity index (χ0n) is 18.0. The van der Waals surface area contributed by atoms with Crippen LogP contribution in [0.25, 0.3) is 21.2 Å². The number of likely N-dealkylation sites (tertiary alicyclic amines) is 1. The number of amides is 1. The number of aryl methyl sites for hydroxylation is 1. The summed E-state index contributed by atoms with van der Waals surface area (Å²) in [7, 11) is 0. The lowest BCUT2D eigenvalue weighted by Crippen LogP contribution is -2.41. The minimum Gasteiger partial charge on any atom is -0.348 e. The molecule has 168 valence electrons. The molecule has 1 unspecified atom stereocenters. The molecule has 0 bridgehead atoms. The second-order valence-corrected chi connectivity index (χ2v) is 10.8. The van der Waals surface area contributed by atoms with Gasteiger partial charge in [-0.3, -0.25) is 4.79 Å². The van der Waals surface area contributed by atoms with Crippen molar-refractivity contribution in [2.75, 3.05) is 6.54 Å². The fraction of sp³-hybridized carbons (Fsp3) is 0.308. The Morgan fingerprint density at radius 1 is 1.09 bits per heavy atom. The number of nitrogens with one attached hydrogen (secondary N) is 1. The van der Waals surface area contributed by atoms with Crippen molar-refractivity contribution < 1.29 is 4.79 Å². The molecule has 2 atom stereocenters. The third-order valence-electron chi connectivity index (χ3n) is 7.13. The van der Waals surface area contributed by atoms with E-state index in [0.29, 0.717) is 16.5 Å². The van der Waals surface area contributed by atoms with E-state index in [-0.39, 0.29) is 17.9 Å². The number of aromatic amines is 1. The number of nitrogens with zero attached hydrogens (tertiary/aromatic N) is 2. The van der Waals surface area contributed by atoms with E-state index in [4.69, 9.17) is 23.2 Å². The Labute approximate surface area is 206 Å². The summed E-state index contributed by atoms with van der Waals surface area (Å²) in [6, 6.07) is 12.7. The van der Waals surface area contributed by atoms with E-state index >= 15 is 0 Å². The molecule has 1 aliphatic carbocycles. The molecule has 4 aromatic rings. The molecule has 1 N–H and O–H groups in total. The summed E-state index contributed by atoms with van der Waals surface area (Å²) in [5, 5.41) is 4.58. The second kappa shape index (κ2) is 8.46. The van der Waals surface area contributed by atoms with Gasteiger partial charge in [-0.05, 0) is 83.5 Å². The lowest BCUT2D eigenvalue weighted by molar-refractivity contribution is -0.133. The number of hydrogen-bond acceptors (Lipinski definition) is 3. The van der Waals surface area contributed by atoms with Gasteiger partial charge in [-0.1, -0.05) is 29.3 Å². The molecule has 1 amide bonds. The Bertz CT molecular complexity index is 1340. The fourth-order valence-corrected chi connectivity index (χ4v) is 6.73. The number of imidazole rings is 1. The van der Waals surface area contributed by atoms with Crippen LogP contribution < -0.4 is 0 Å². The molecular weight excluding hydrogens is 473 g/mol. The van der Waals surface area contributed by atoms with Crippen LogP contribution in [0.2, 0.25) is 10.0 Å². The minimum absolute atomic E-state index is 0.0730. The van der Waals surface area contributed by atoms with Crippen molar-refractivity contribution in [2.24, 2.45) is 5.92 Å². The smallest absolute Gasteiger partial charge is 0.226 e. The molecule has 0 spiro atoms. The SMILES string of the molecule is O=C1C(Cc2c(Cl)cc(-c3ccc4sccc4c3)cc2Cl)CCN1[C@@H]1CCc2nc[nH]c2C1. The van der Waals surface area contributed by atoms with Crippen LogP contribution in [0.1, 0.15) is 29.8 Å². The van der Waals surface area contributed by atoms with Crippen LogP contribution in [-0.4, -0.2) is 33.4 Å². The van der Waals surface area contributed by atoms with Gasteiger partial charge in [0.2, 0.25) is 5.91 Å². The topological polar surface area (TPSA) is 49.0 Å². The molecule has 1 saturated heterocycles. The molecule has 6 rings (SSSR count). The zero-order chi connectivity index (χ0) is 22.5.